The molecule has 0 amide bonds. The minimum absolute atomic E-state index is 0.289. The van der Waals surface area contributed by atoms with Gasteiger partial charge in [0.15, 0.2) is 0 Å². The predicted octanol–water partition coefficient (Wildman–Crippen LogP) is 1.39. The lowest BCUT2D eigenvalue weighted by molar-refractivity contribution is 0.0696. The lowest BCUT2D eigenvalue weighted by Crippen LogP contribution is -2.28. The summed E-state index contributed by atoms with van der Waals surface area (Å²) in [5.74, 6) is -0.193. The van der Waals surface area contributed by atoms with Crippen molar-refractivity contribution in [3.05, 3.63) is 29.3 Å². The van der Waals surface area contributed by atoms with E-state index in [2.05, 4.69) is 9.80 Å². The molecule has 0 fully saturated rings. The van der Waals surface area contributed by atoms with Gasteiger partial charge in [-0.3, -0.25) is 0 Å². The van der Waals surface area contributed by atoms with E-state index in [1.165, 1.54) is 0 Å². The van der Waals surface area contributed by atoms with Gasteiger partial charge in [-0.05, 0) is 39.3 Å². The van der Waals surface area contributed by atoms with Crippen molar-refractivity contribution in [1.82, 2.24) is 9.80 Å². The van der Waals surface area contributed by atoms with E-state index in [9.17, 15) is 4.79 Å². The van der Waals surface area contributed by atoms with Crippen molar-refractivity contribution in [2.75, 3.05) is 41.3 Å². The maximum absolute atomic E-state index is 11.0. The molecule has 0 spiro atoms. The summed E-state index contributed by atoms with van der Waals surface area (Å²) in [6, 6.07) is 4.94. The Morgan fingerprint density at radius 2 is 1.95 bits per heavy atom. The van der Waals surface area contributed by atoms with E-state index in [1.54, 1.807) is 25.3 Å². The molecule has 106 valence electrons. The van der Waals surface area contributed by atoms with Gasteiger partial charge in [-0.1, -0.05) is 0 Å². The Morgan fingerprint density at radius 1 is 1.26 bits per heavy atom. The van der Waals surface area contributed by atoms with Crippen LogP contribution in [-0.2, 0) is 6.54 Å². The van der Waals surface area contributed by atoms with Crippen LogP contribution in [-0.4, -0.2) is 62.2 Å². The number of aromatic carboxylic acids is 1. The van der Waals surface area contributed by atoms with Gasteiger partial charge >= 0.3 is 5.97 Å². The highest BCUT2D eigenvalue weighted by Gasteiger charge is 2.11. The zero-order valence-corrected chi connectivity index (χ0v) is 12.0. The molecule has 0 saturated carbocycles. The lowest BCUT2D eigenvalue weighted by Gasteiger charge is -2.20. The molecule has 0 atom stereocenters. The molecule has 0 saturated heterocycles. The Kier molecular flexibility index (Phi) is 5.79. The van der Waals surface area contributed by atoms with Crippen molar-refractivity contribution in [3.63, 3.8) is 0 Å². The number of carboxylic acid groups (broad SMARTS) is 1. The fourth-order valence-electron chi connectivity index (χ4n) is 1.78. The number of hydrogen-bond acceptors (Lipinski definition) is 4. The highest BCUT2D eigenvalue weighted by atomic mass is 16.5. The quantitative estimate of drug-likeness (QED) is 0.808. The SMILES string of the molecule is COc1ccc(C(=O)O)cc1CN(C)CCN(C)C. The highest BCUT2D eigenvalue weighted by molar-refractivity contribution is 5.88. The van der Waals surface area contributed by atoms with Crippen LogP contribution < -0.4 is 4.74 Å². The van der Waals surface area contributed by atoms with Crippen LogP contribution in [0.15, 0.2) is 18.2 Å². The van der Waals surface area contributed by atoms with E-state index in [-0.39, 0.29) is 5.56 Å². The number of likely N-dealkylation sites (N-methyl/N-ethyl adjacent to an activating group) is 2. The predicted molar refractivity (Wildman–Crippen MR) is 74.8 cm³/mol. The van der Waals surface area contributed by atoms with Crippen molar-refractivity contribution in [3.8, 4) is 5.75 Å². The first-order chi connectivity index (χ1) is 8.93. The Morgan fingerprint density at radius 3 is 2.47 bits per heavy atom. The van der Waals surface area contributed by atoms with Crippen LogP contribution in [0.2, 0.25) is 0 Å². The van der Waals surface area contributed by atoms with Gasteiger partial charge in [0.1, 0.15) is 5.75 Å². The fourth-order valence-corrected chi connectivity index (χ4v) is 1.78. The summed E-state index contributed by atoms with van der Waals surface area (Å²) in [5, 5.41) is 9.02. The molecule has 0 aliphatic rings. The first-order valence-corrected chi connectivity index (χ1v) is 6.17. The third-order valence-electron chi connectivity index (χ3n) is 2.90. The number of ether oxygens (including phenoxy) is 1. The number of hydrogen-bond donors (Lipinski definition) is 1. The van der Waals surface area contributed by atoms with E-state index >= 15 is 0 Å². The van der Waals surface area contributed by atoms with Crippen molar-refractivity contribution in [2.24, 2.45) is 0 Å². The number of rotatable bonds is 7. The topological polar surface area (TPSA) is 53.0 Å². The van der Waals surface area contributed by atoms with E-state index in [0.717, 1.165) is 24.4 Å². The molecular formula is C14H22N2O3. The molecule has 0 aliphatic carbocycles. The van der Waals surface area contributed by atoms with Crippen LogP contribution in [0, 0.1) is 0 Å². The van der Waals surface area contributed by atoms with Gasteiger partial charge in [0.05, 0.1) is 12.7 Å². The molecule has 5 nitrogen and oxygen atoms in total. The second-order valence-corrected chi connectivity index (χ2v) is 4.87. The van der Waals surface area contributed by atoms with E-state index in [0.29, 0.717) is 6.54 Å². The van der Waals surface area contributed by atoms with Crippen LogP contribution in [0.3, 0.4) is 0 Å². The van der Waals surface area contributed by atoms with Gasteiger partial charge in [-0.25, -0.2) is 4.79 Å². The smallest absolute Gasteiger partial charge is 0.335 e. The minimum atomic E-state index is -0.917. The Bertz CT molecular complexity index is 433. The van der Waals surface area contributed by atoms with Crippen LogP contribution in [0.25, 0.3) is 0 Å². The summed E-state index contributed by atoms with van der Waals surface area (Å²) < 4.78 is 5.28. The highest BCUT2D eigenvalue weighted by Crippen LogP contribution is 2.21. The lowest BCUT2D eigenvalue weighted by atomic mass is 10.1. The van der Waals surface area contributed by atoms with Gasteiger partial charge in [-0.15, -0.1) is 0 Å². The van der Waals surface area contributed by atoms with Gasteiger partial charge < -0.3 is 19.6 Å². The molecule has 1 aromatic rings. The minimum Gasteiger partial charge on any atom is -0.496 e. The number of nitrogens with zero attached hydrogens (tertiary/aromatic N) is 2. The standard InChI is InChI=1S/C14H22N2O3/c1-15(2)7-8-16(3)10-12-9-11(14(17)18)5-6-13(12)19-4/h5-6,9H,7-8,10H2,1-4H3,(H,17,18). The summed E-state index contributed by atoms with van der Waals surface area (Å²) in [7, 11) is 7.66. The summed E-state index contributed by atoms with van der Waals surface area (Å²) in [4.78, 5) is 15.2. The molecule has 1 aromatic carbocycles. The number of methoxy groups -OCH3 is 1. The molecule has 0 aromatic heterocycles. The zero-order chi connectivity index (χ0) is 14.4. The number of benzene rings is 1. The molecule has 1 rings (SSSR count). The van der Waals surface area contributed by atoms with Crippen LogP contribution in [0.4, 0.5) is 0 Å². The number of carboxylic acids is 1. The molecule has 0 bridgehead atoms. The molecule has 0 unspecified atom stereocenters. The molecular weight excluding hydrogens is 244 g/mol. The van der Waals surface area contributed by atoms with E-state index in [4.69, 9.17) is 9.84 Å². The van der Waals surface area contributed by atoms with Gasteiger partial charge in [-0.2, -0.15) is 0 Å². The van der Waals surface area contributed by atoms with Gasteiger partial charge in [0.25, 0.3) is 0 Å². The average Bonchev–Trinajstić information content (AvgIpc) is 2.36. The van der Waals surface area contributed by atoms with Crippen molar-refractivity contribution in [2.45, 2.75) is 6.54 Å². The normalized spacial score (nSPS) is 11.1. The Balaban J connectivity index is 2.79. The van der Waals surface area contributed by atoms with Crippen LogP contribution >= 0.6 is 0 Å². The molecule has 0 aliphatic heterocycles. The maximum Gasteiger partial charge on any atom is 0.335 e. The van der Waals surface area contributed by atoms with Crippen LogP contribution in [0.1, 0.15) is 15.9 Å². The summed E-state index contributed by atoms with van der Waals surface area (Å²) in [5.41, 5.74) is 1.18. The third kappa shape index (κ3) is 4.89. The monoisotopic (exact) mass is 266 g/mol. The Hall–Kier alpha value is -1.59. The zero-order valence-electron chi connectivity index (χ0n) is 12.0. The third-order valence-corrected chi connectivity index (χ3v) is 2.90. The second kappa shape index (κ2) is 7.11. The first-order valence-electron chi connectivity index (χ1n) is 6.17. The largest absolute Gasteiger partial charge is 0.496 e. The van der Waals surface area contributed by atoms with Crippen molar-refractivity contribution >= 4 is 5.97 Å². The molecule has 5 heteroatoms. The number of carbonyl (C=O) groups is 1. The first kappa shape index (κ1) is 15.5. The summed E-state index contributed by atoms with van der Waals surface area (Å²) in [6.07, 6.45) is 0. The van der Waals surface area contributed by atoms with Crippen LogP contribution in [0.5, 0.6) is 5.75 Å². The summed E-state index contributed by atoms with van der Waals surface area (Å²) >= 11 is 0. The average molecular weight is 266 g/mol. The van der Waals surface area contributed by atoms with E-state index < -0.39 is 5.97 Å². The maximum atomic E-state index is 11.0. The van der Waals surface area contributed by atoms with Gasteiger partial charge in [0, 0.05) is 25.2 Å². The molecule has 19 heavy (non-hydrogen) atoms. The van der Waals surface area contributed by atoms with Gasteiger partial charge in [0.2, 0.25) is 0 Å². The fraction of sp³-hybridized carbons (Fsp3) is 0.500. The van der Waals surface area contributed by atoms with Crippen molar-refractivity contribution in [1.29, 1.82) is 0 Å². The molecule has 1 N–H and O–H groups in total. The molecule has 0 radical (unpaired) electrons. The molecule has 0 heterocycles. The van der Waals surface area contributed by atoms with E-state index in [1.807, 2.05) is 21.1 Å². The second-order valence-electron chi connectivity index (χ2n) is 4.87. The Labute approximate surface area is 114 Å². The van der Waals surface area contributed by atoms with Crippen molar-refractivity contribution < 1.29 is 14.6 Å². The summed E-state index contributed by atoms with van der Waals surface area (Å²) in [6.45, 7) is 2.53.